The molecule has 0 aromatic carbocycles. The number of nitrogens with one attached hydrogen (secondary N) is 1. The summed E-state index contributed by atoms with van der Waals surface area (Å²) in [6, 6.07) is 7.81. The van der Waals surface area contributed by atoms with Gasteiger partial charge in [0.2, 0.25) is 11.8 Å². The van der Waals surface area contributed by atoms with Gasteiger partial charge in [0.05, 0.1) is 17.3 Å². The van der Waals surface area contributed by atoms with Gasteiger partial charge in [-0.1, -0.05) is 0 Å². The van der Waals surface area contributed by atoms with Crippen molar-refractivity contribution < 1.29 is 9.59 Å². The third kappa shape index (κ3) is 3.49. The first-order valence-electron chi connectivity index (χ1n) is 10.9. The number of carbonyl (C=O) groups excluding carboxylic acids is 2. The lowest BCUT2D eigenvalue weighted by atomic mass is 9.83. The zero-order valence-electron chi connectivity index (χ0n) is 19.2. The Balaban J connectivity index is 1.55. The Labute approximate surface area is 188 Å². The van der Waals surface area contributed by atoms with Gasteiger partial charge in [-0.05, 0) is 45.1 Å². The van der Waals surface area contributed by atoms with Crippen molar-refractivity contribution in [1.82, 2.24) is 19.7 Å². The third-order valence-electron chi connectivity index (χ3n) is 6.96. The normalized spacial score (nSPS) is 20.9. The lowest BCUT2D eigenvalue weighted by Gasteiger charge is -2.34. The highest BCUT2D eigenvalue weighted by atomic mass is 16.2. The molecule has 3 heterocycles. The molecule has 2 fully saturated rings. The SMILES string of the molecule is CC(=O)N(C)C(C)(C)c1cc(Nc2cc(N3CC[C@@](C#N)(C4CC4)C3=O)ccn2)nn1C. The number of aryl methyl sites for hydroxylation is 1. The molecule has 1 aliphatic heterocycles. The number of nitrogens with zero attached hydrogens (tertiary/aromatic N) is 6. The number of pyridine rings is 1. The Kier molecular flexibility index (Phi) is 5.19. The highest BCUT2D eigenvalue weighted by Gasteiger charge is 2.56. The van der Waals surface area contributed by atoms with E-state index in [1.165, 1.54) is 6.92 Å². The van der Waals surface area contributed by atoms with E-state index in [1.807, 2.05) is 27.0 Å². The molecule has 2 aromatic heterocycles. The van der Waals surface area contributed by atoms with Crippen molar-refractivity contribution in [3.8, 4) is 6.07 Å². The van der Waals surface area contributed by atoms with Gasteiger partial charge in [-0.15, -0.1) is 0 Å². The summed E-state index contributed by atoms with van der Waals surface area (Å²) >= 11 is 0. The van der Waals surface area contributed by atoms with E-state index in [1.54, 1.807) is 39.9 Å². The molecule has 1 aliphatic carbocycles. The van der Waals surface area contributed by atoms with Gasteiger partial charge in [0.1, 0.15) is 11.2 Å². The molecule has 1 saturated carbocycles. The minimum Gasteiger partial charge on any atom is -0.335 e. The van der Waals surface area contributed by atoms with Gasteiger partial charge in [-0.2, -0.15) is 10.4 Å². The van der Waals surface area contributed by atoms with Crippen LogP contribution in [0, 0.1) is 22.7 Å². The van der Waals surface area contributed by atoms with Crippen LogP contribution in [-0.4, -0.2) is 45.1 Å². The highest BCUT2D eigenvalue weighted by Crippen LogP contribution is 2.51. The largest absolute Gasteiger partial charge is 0.335 e. The van der Waals surface area contributed by atoms with Crippen molar-refractivity contribution in [3.05, 3.63) is 30.1 Å². The molecule has 1 saturated heterocycles. The van der Waals surface area contributed by atoms with Crippen LogP contribution in [0.15, 0.2) is 24.4 Å². The van der Waals surface area contributed by atoms with Crippen LogP contribution in [-0.2, 0) is 22.2 Å². The molecule has 168 valence electrons. The number of aromatic nitrogens is 3. The summed E-state index contributed by atoms with van der Waals surface area (Å²) in [6.07, 6.45) is 4.12. The molecule has 1 N–H and O–H groups in total. The summed E-state index contributed by atoms with van der Waals surface area (Å²) in [6.45, 7) is 6.00. The van der Waals surface area contributed by atoms with Crippen molar-refractivity contribution in [2.45, 2.75) is 45.6 Å². The number of rotatable bonds is 6. The predicted octanol–water partition coefficient (Wildman–Crippen LogP) is 2.93. The van der Waals surface area contributed by atoms with E-state index in [2.05, 4.69) is 21.5 Å². The molecule has 0 radical (unpaired) electrons. The quantitative estimate of drug-likeness (QED) is 0.748. The second kappa shape index (κ2) is 7.62. The van der Waals surface area contributed by atoms with Gasteiger partial charge >= 0.3 is 0 Å². The molecule has 1 atom stereocenters. The van der Waals surface area contributed by atoms with Crippen LogP contribution in [0.4, 0.5) is 17.3 Å². The molecule has 2 aromatic rings. The fourth-order valence-corrected chi connectivity index (χ4v) is 4.59. The molecule has 4 rings (SSSR count). The van der Waals surface area contributed by atoms with Gasteiger partial charge in [0.25, 0.3) is 0 Å². The fraction of sp³-hybridized carbons (Fsp3) is 0.522. The van der Waals surface area contributed by atoms with Crippen LogP contribution in [0.2, 0.25) is 0 Å². The number of amides is 2. The molecular weight excluding hydrogens is 406 g/mol. The first-order valence-corrected chi connectivity index (χ1v) is 10.9. The minimum atomic E-state index is -0.874. The fourth-order valence-electron chi connectivity index (χ4n) is 4.59. The molecule has 2 amide bonds. The van der Waals surface area contributed by atoms with Crippen molar-refractivity contribution in [1.29, 1.82) is 5.26 Å². The average Bonchev–Trinajstić information content (AvgIpc) is 3.46. The number of hydrogen-bond acceptors (Lipinski definition) is 6. The van der Waals surface area contributed by atoms with Crippen molar-refractivity contribution in [2.24, 2.45) is 18.4 Å². The number of anilines is 3. The van der Waals surface area contributed by atoms with Crippen molar-refractivity contribution in [3.63, 3.8) is 0 Å². The Morgan fingerprint density at radius 3 is 2.69 bits per heavy atom. The topological polar surface area (TPSA) is 107 Å². The van der Waals surface area contributed by atoms with Gasteiger partial charge in [0, 0.05) is 51.6 Å². The highest BCUT2D eigenvalue weighted by molar-refractivity contribution is 6.02. The van der Waals surface area contributed by atoms with Gasteiger partial charge in [-0.25, -0.2) is 4.98 Å². The maximum atomic E-state index is 13.1. The second-order valence-corrected chi connectivity index (χ2v) is 9.26. The molecule has 0 bridgehead atoms. The molecule has 32 heavy (non-hydrogen) atoms. The lowest BCUT2D eigenvalue weighted by Crippen LogP contribution is -2.42. The van der Waals surface area contributed by atoms with Crippen LogP contribution < -0.4 is 10.2 Å². The van der Waals surface area contributed by atoms with Gasteiger partial charge < -0.3 is 15.1 Å². The van der Waals surface area contributed by atoms with Crippen LogP contribution >= 0.6 is 0 Å². The Morgan fingerprint density at radius 2 is 2.06 bits per heavy atom. The number of carbonyl (C=O) groups is 2. The van der Waals surface area contributed by atoms with E-state index in [0.717, 1.165) is 24.2 Å². The van der Waals surface area contributed by atoms with E-state index < -0.39 is 11.0 Å². The molecule has 9 heteroatoms. The second-order valence-electron chi connectivity index (χ2n) is 9.26. The molecular formula is C23H29N7O2. The molecule has 0 spiro atoms. The lowest BCUT2D eigenvalue weighted by molar-refractivity contribution is -0.132. The van der Waals surface area contributed by atoms with E-state index in [4.69, 9.17) is 0 Å². The number of nitriles is 1. The van der Waals surface area contributed by atoms with Gasteiger partial charge in [0.15, 0.2) is 5.82 Å². The molecule has 0 unspecified atom stereocenters. The maximum absolute atomic E-state index is 13.1. The smallest absolute Gasteiger partial charge is 0.247 e. The molecule has 2 aliphatic rings. The summed E-state index contributed by atoms with van der Waals surface area (Å²) < 4.78 is 1.74. The monoisotopic (exact) mass is 435 g/mol. The molecule has 9 nitrogen and oxygen atoms in total. The Morgan fingerprint density at radius 1 is 1.34 bits per heavy atom. The summed E-state index contributed by atoms with van der Waals surface area (Å²) in [5.41, 5.74) is 0.166. The summed E-state index contributed by atoms with van der Waals surface area (Å²) in [7, 11) is 3.60. The first-order chi connectivity index (χ1) is 15.1. The van der Waals surface area contributed by atoms with Crippen LogP contribution in [0.5, 0.6) is 0 Å². The van der Waals surface area contributed by atoms with Crippen molar-refractivity contribution in [2.75, 3.05) is 23.8 Å². The van der Waals surface area contributed by atoms with Crippen LogP contribution in [0.25, 0.3) is 0 Å². The maximum Gasteiger partial charge on any atom is 0.247 e. The third-order valence-corrected chi connectivity index (χ3v) is 6.96. The number of hydrogen-bond donors (Lipinski definition) is 1. The van der Waals surface area contributed by atoms with Crippen LogP contribution in [0.3, 0.4) is 0 Å². The predicted molar refractivity (Wildman–Crippen MR) is 120 cm³/mol. The zero-order chi connectivity index (χ0) is 23.3. The van der Waals surface area contributed by atoms with E-state index >= 15 is 0 Å². The summed E-state index contributed by atoms with van der Waals surface area (Å²) in [4.78, 5) is 32.7. The summed E-state index contributed by atoms with van der Waals surface area (Å²) in [5.74, 6) is 1.20. The van der Waals surface area contributed by atoms with E-state index in [-0.39, 0.29) is 17.7 Å². The summed E-state index contributed by atoms with van der Waals surface area (Å²) in [5, 5.41) is 17.5. The Bertz CT molecular complexity index is 1110. The van der Waals surface area contributed by atoms with Crippen molar-refractivity contribution >= 4 is 29.1 Å². The van der Waals surface area contributed by atoms with E-state index in [9.17, 15) is 14.9 Å². The standard InChI is InChI=1S/C23H29N7O2/c1-15(31)28(4)22(2,3)18-13-20(27-29(18)5)26-19-12-17(8-10-25-19)30-11-9-23(14-24,21(30)32)16-6-7-16/h8,10,12-13,16H,6-7,9,11H2,1-5H3,(H,25,26,27)/t23-/m1/s1. The zero-order valence-corrected chi connectivity index (χ0v) is 19.2. The first kappa shape index (κ1) is 21.8. The van der Waals surface area contributed by atoms with Gasteiger partial charge in [-0.3, -0.25) is 14.3 Å². The minimum absolute atomic E-state index is 0.0324. The average molecular weight is 436 g/mol. The van der Waals surface area contributed by atoms with E-state index in [0.29, 0.717) is 24.6 Å². The van der Waals surface area contributed by atoms with Crippen LogP contribution in [0.1, 0.15) is 45.7 Å². The Hall–Kier alpha value is -3.41.